The van der Waals surface area contributed by atoms with Gasteiger partial charge in [0.15, 0.2) is 0 Å². The van der Waals surface area contributed by atoms with Crippen LogP contribution in [-0.4, -0.2) is 6.61 Å². The predicted octanol–water partition coefficient (Wildman–Crippen LogP) is 4.54. The molecular formula is C14H12ClFO. The molecule has 0 saturated heterocycles. The lowest BCUT2D eigenvalue weighted by molar-refractivity contribution is 0.340. The Balaban J connectivity index is 2.40. The summed E-state index contributed by atoms with van der Waals surface area (Å²) in [5.74, 6) is 0.449. The molecule has 1 nitrogen and oxygen atoms in total. The maximum atomic E-state index is 13.7. The topological polar surface area (TPSA) is 9.23 Å². The first-order valence-electron chi connectivity index (χ1n) is 5.39. The predicted molar refractivity (Wildman–Crippen MR) is 68.0 cm³/mol. The van der Waals surface area contributed by atoms with Crippen molar-refractivity contribution in [2.75, 3.05) is 6.61 Å². The summed E-state index contributed by atoms with van der Waals surface area (Å²) in [6.07, 6.45) is 0. The maximum absolute atomic E-state index is 13.7. The van der Waals surface area contributed by atoms with E-state index in [0.717, 1.165) is 11.3 Å². The quantitative estimate of drug-likeness (QED) is 0.777. The van der Waals surface area contributed by atoms with E-state index < -0.39 is 0 Å². The second-order valence-electron chi connectivity index (χ2n) is 3.55. The van der Waals surface area contributed by atoms with Crippen LogP contribution in [0.25, 0.3) is 11.1 Å². The van der Waals surface area contributed by atoms with Crippen LogP contribution in [-0.2, 0) is 0 Å². The molecule has 0 radical (unpaired) electrons. The third kappa shape index (κ3) is 2.59. The molecule has 0 atom stereocenters. The highest BCUT2D eigenvalue weighted by molar-refractivity contribution is 6.33. The van der Waals surface area contributed by atoms with Crippen LogP contribution in [0.4, 0.5) is 4.39 Å². The Bertz CT molecular complexity index is 488. The van der Waals surface area contributed by atoms with Crippen molar-refractivity contribution in [3.8, 4) is 16.9 Å². The lowest BCUT2D eigenvalue weighted by Gasteiger charge is -2.07. The van der Waals surface area contributed by atoms with Gasteiger partial charge in [-0.25, -0.2) is 4.39 Å². The molecule has 0 bridgehead atoms. The van der Waals surface area contributed by atoms with Crippen LogP contribution in [0.2, 0.25) is 5.02 Å². The molecule has 2 aromatic rings. The number of hydrogen-bond acceptors (Lipinski definition) is 1. The van der Waals surface area contributed by atoms with Gasteiger partial charge in [0.2, 0.25) is 0 Å². The van der Waals surface area contributed by atoms with Crippen molar-refractivity contribution in [1.82, 2.24) is 0 Å². The van der Waals surface area contributed by atoms with Crippen LogP contribution in [0.3, 0.4) is 0 Å². The van der Waals surface area contributed by atoms with E-state index in [9.17, 15) is 4.39 Å². The number of benzene rings is 2. The van der Waals surface area contributed by atoms with Crippen LogP contribution in [0, 0.1) is 5.82 Å². The molecule has 88 valence electrons. The Labute approximate surface area is 105 Å². The molecule has 0 heterocycles. The zero-order chi connectivity index (χ0) is 12.3. The zero-order valence-corrected chi connectivity index (χ0v) is 10.2. The van der Waals surface area contributed by atoms with Crippen LogP contribution < -0.4 is 4.74 Å². The SMILES string of the molecule is CCOc1ccc(-c2c(F)cccc2Cl)cc1. The van der Waals surface area contributed by atoms with Gasteiger partial charge in [-0.15, -0.1) is 0 Å². The van der Waals surface area contributed by atoms with Gasteiger partial charge in [0.25, 0.3) is 0 Å². The van der Waals surface area contributed by atoms with E-state index in [1.807, 2.05) is 19.1 Å². The smallest absolute Gasteiger partial charge is 0.132 e. The van der Waals surface area contributed by atoms with Gasteiger partial charge in [-0.05, 0) is 36.8 Å². The van der Waals surface area contributed by atoms with Gasteiger partial charge in [-0.3, -0.25) is 0 Å². The molecule has 0 aliphatic rings. The summed E-state index contributed by atoms with van der Waals surface area (Å²) < 4.78 is 19.0. The van der Waals surface area contributed by atoms with E-state index in [0.29, 0.717) is 17.2 Å². The number of ether oxygens (including phenoxy) is 1. The van der Waals surface area contributed by atoms with Crippen molar-refractivity contribution in [1.29, 1.82) is 0 Å². The van der Waals surface area contributed by atoms with Crippen LogP contribution >= 0.6 is 11.6 Å². The minimum Gasteiger partial charge on any atom is -0.494 e. The van der Waals surface area contributed by atoms with Gasteiger partial charge in [0.05, 0.1) is 11.6 Å². The standard InChI is InChI=1S/C14H12ClFO/c1-2-17-11-8-6-10(7-9-11)14-12(15)4-3-5-13(14)16/h3-9H,2H2,1H3. The lowest BCUT2D eigenvalue weighted by atomic mass is 10.1. The Kier molecular flexibility index (Phi) is 3.64. The largest absolute Gasteiger partial charge is 0.494 e. The molecule has 0 aliphatic heterocycles. The van der Waals surface area contributed by atoms with Crippen LogP contribution in [0.15, 0.2) is 42.5 Å². The Morgan fingerprint density at radius 2 is 1.82 bits per heavy atom. The molecule has 0 unspecified atom stereocenters. The molecule has 0 aliphatic carbocycles. The van der Waals surface area contributed by atoms with Crippen molar-refractivity contribution in [3.05, 3.63) is 53.3 Å². The second kappa shape index (κ2) is 5.19. The van der Waals surface area contributed by atoms with Crippen LogP contribution in [0.5, 0.6) is 5.75 Å². The number of halogens is 2. The minimum absolute atomic E-state index is 0.318. The summed E-state index contributed by atoms with van der Waals surface area (Å²) >= 11 is 5.99. The Hall–Kier alpha value is -1.54. The molecule has 3 heteroatoms. The second-order valence-corrected chi connectivity index (χ2v) is 3.96. The van der Waals surface area contributed by atoms with Crippen molar-refractivity contribution < 1.29 is 9.13 Å². The maximum Gasteiger partial charge on any atom is 0.132 e. The summed E-state index contributed by atoms with van der Waals surface area (Å²) in [6.45, 7) is 2.53. The van der Waals surface area contributed by atoms with Gasteiger partial charge >= 0.3 is 0 Å². The molecule has 2 rings (SSSR count). The van der Waals surface area contributed by atoms with E-state index in [2.05, 4.69) is 0 Å². The summed E-state index contributed by atoms with van der Waals surface area (Å²) in [4.78, 5) is 0. The minimum atomic E-state index is -0.318. The fraction of sp³-hybridized carbons (Fsp3) is 0.143. The van der Waals surface area contributed by atoms with Crippen LogP contribution in [0.1, 0.15) is 6.92 Å². The van der Waals surface area contributed by atoms with Gasteiger partial charge in [-0.2, -0.15) is 0 Å². The highest BCUT2D eigenvalue weighted by atomic mass is 35.5. The fourth-order valence-corrected chi connectivity index (χ4v) is 1.93. The third-order valence-corrected chi connectivity index (χ3v) is 2.73. The zero-order valence-electron chi connectivity index (χ0n) is 9.41. The van der Waals surface area contributed by atoms with Crippen molar-refractivity contribution in [2.45, 2.75) is 6.92 Å². The molecule has 0 amide bonds. The monoisotopic (exact) mass is 250 g/mol. The third-order valence-electron chi connectivity index (χ3n) is 2.42. The number of rotatable bonds is 3. The average molecular weight is 251 g/mol. The van der Waals surface area contributed by atoms with Gasteiger partial charge in [0, 0.05) is 5.56 Å². The Morgan fingerprint density at radius 1 is 1.12 bits per heavy atom. The van der Waals surface area contributed by atoms with Crippen molar-refractivity contribution in [3.63, 3.8) is 0 Å². The fourth-order valence-electron chi connectivity index (χ4n) is 1.66. The molecular weight excluding hydrogens is 239 g/mol. The molecule has 2 aromatic carbocycles. The molecule has 17 heavy (non-hydrogen) atoms. The summed E-state index contributed by atoms with van der Waals surface area (Å²) in [5, 5.41) is 0.411. The van der Waals surface area contributed by atoms with E-state index >= 15 is 0 Å². The molecule has 0 aromatic heterocycles. The first-order chi connectivity index (χ1) is 8.22. The molecule has 0 saturated carbocycles. The molecule has 0 N–H and O–H groups in total. The lowest BCUT2D eigenvalue weighted by Crippen LogP contribution is -1.91. The average Bonchev–Trinajstić information content (AvgIpc) is 2.31. The number of hydrogen-bond donors (Lipinski definition) is 0. The van der Waals surface area contributed by atoms with Crippen molar-refractivity contribution >= 4 is 11.6 Å². The first-order valence-corrected chi connectivity index (χ1v) is 5.77. The first kappa shape index (κ1) is 11.9. The van der Waals surface area contributed by atoms with E-state index in [-0.39, 0.29) is 5.82 Å². The summed E-state index contributed by atoms with van der Waals surface area (Å²) in [7, 11) is 0. The van der Waals surface area contributed by atoms with E-state index in [1.165, 1.54) is 6.07 Å². The normalized spacial score (nSPS) is 10.3. The Morgan fingerprint density at radius 3 is 2.41 bits per heavy atom. The highest BCUT2D eigenvalue weighted by Gasteiger charge is 2.09. The summed E-state index contributed by atoms with van der Waals surface area (Å²) in [6, 6.07) is 11.9. The van der Waals surface area contributed by atoms with E-state index in [1.54, 1.807) is 24.3 Å². The van der Waals surface area contributed by atoms with E-state index in [4.69, 9.17) is 16.3 Å². The van der Waals surface area contributed by atoms with Crippen molar-refractivity contribution in [2.24, 2.45) is 0 Å². The highest BCUT2D eigenvalue weighted by Crippen LogP contribution is 2.31. The van der Waals surface area contributed by atoms with Gasteiger partial charge < -0.3 is 4.74 Å². The summed E-state index contributed by atoms with van der Waals surface area (Å²) in [5.41, 5.74) is 1.17. The van der Waals surface area contributed by atoms with Gasteiger partial charge in [-0.1, -0.05) is 29.8 Å². The molecule has 0 fully saturated rings. The van der Waals surface area contributed by atoms with Gasteiger partial charge in [0.1, 0.15) is 11.6 Å². The molecule has 0 spiro atoms.